The number of para-hydroxylation sites is 1. The molecule has 0 N–H and O–H groups in total. The SMILES string of the molecule is C1=CCC(c2ccc(-c3nc(-c4ccc(-c5ccccc5)cc4)nc(-c4ccc5ccc(-c6cccc7oc8ccccc8c67)cc5c4)n3)cc2)C=C1. The smallest absolute Gasteiger partial charge is 0.164 e. The number of benzene rings is 7. The van der Waals surface area contributed by atoms with E-state index >= 15 is 0 Å². The van der Waals surface area contributed by atoms with Crippen LogP contribution >= 0.6 is 0 Å². The van der Waals surface area contributed by atoms with E-state index in [1.807, 2.05) is 24.3 Å². The van der Waals surface area contributed by atoms with Crippen molar-refractivity contribution in [2.45, 2.75) is 12.3 Å². The number of nitrogens with zero attached hydrogens (tertiary/aromatic N) is 3. The van der Waals surface area contributed by atoms with E-state index < -0.39 is 0 Å². The lowest BCUT2D eigenvalue weighted by Crippen LogP contribution is -2.01. The number of furan rings is 1. The van der Waals surface area contributed by atoms with Crippen molar-refractivity contribution in [3.05, 3.63) is 188 Å². The van der Waals surface area contributed by atoms with Gasteiger partial charge in [0.15, 0.2) is 17.5 Å². The number of hydrogen-bond acceptors (Lipinski definition) is 4. The van der Waals surface area contributed by atoms with Crippen LogP contribution in [0.5, 0.6) is 0 Å². The molecule has 250 valence electrons. The minimum absolute atomic E-state index is 0.378. The Morgan fingerprint density at radius 3 is 1.81 bits per heavy atom. The minimum atomic E-state index is 0.378. The summed E-state index contributed by atoms with van der Waals surface area (Å²) >= 11 is 0. The van der Waals surface area contributed by atoms with Gasteiger partial charge in [-0.3, -0.25) is 0 Å². The lowest BCUT2D eigenvalue weighted by Gasteiger charge is -2.14. The Bertz CT molecular complexity index is 2850. The summed E-state index contributed by atoms with van der Waals surface area (Å²) in [5, 5.41) is 4.51. The van der Waals surface area contributed by atoms with Crippen molar-refractivity contribution in [1.29, 1.82) is 0 Å². The first-order valence-electron chi connectivity index (χ1n) is 18.0. The molecular weight excluding hydrogens is 647 g/mol. The second-order valence-electron chi connectivity index (χ2n) is 13.6. The molecule has 0 spiro atoms. The molecule has 1 atom stereocenters. The summed E-state index contributed by atoms with van der Waals surface area (Å²) in [6, 6.07) is 55.2. The third-order valence-corrected chi connectivity index (χ3v) is 10.3. The van der Waals surface area contributed by atoms with Gasteiger partial charge < -0.3 is 4.42 Å². The number of aromatic nitrogens is 3. The molecule has 53 heavy (non-hydrogen) atoms. The topological polar surface area (TPSA) is 51.8 Å². The molecule has 2 aromatic heterocycles. The van der Waals surface area contributed by atoms with Gasteiger partial charge in [-0.25, -0.2) is 15.0 Å². The van der Waals surface area contributed by atoms with E-state index in [0.29, 0.717) is 23.4 Å². The lowest BCUT2D eigenvalue weighted by atomic mass is 9.92. The van der Waals surface area contributed by atoms with Crippen LogP contribution in [0.4, 0.5) is 0 Å². The highest BCUT2D eigenvalue weighted by molar-refractivity contribution is 6.12. The first kappa shape index (κ1) is 30.9. The fourth-order valence-electron chi connectivity index (χ4n) is 7.48. The molecule has 9 aromatic rings. The van der Waals surface area contributed by atoms with Crippen LogP contribution in [0.1, 0.15) is 17.9 Å². The molecule has 0 fully saturated rings. The van der Waals surface area contributed by atoms with Crippen LogP contribution in [-0.2, 0) is 0 Å². The molecule has 2 heterocycles. The van der Waals surface area contributed by atoms with Crippen LogP contribution in [0.2, 0.25) is 0 Å². The normalized spacial score (nSPS) is 14.0. The molecule has 1 unspecified atom stereocenters. The van der Waals surface area contributed by atoms with Crippen molar-refractivity contribution < 1.29 is 4.42 Å². The van der Waals surface area contributed by atoms with Crippen molar-refractivity contribution in [2.75, 3.05) is 0 Å². The summed E-state index contributed by atoms with van der Waals surface area (Å²) in [5.41, 5.74) is 10.5. The first-order chi connectivity index (χ1) is 26.2. The number of hydrogen-bond donors (Lipinski definition) is 0. The van der Waals surface area contributed by atoms with Crippen LogP contribution in [0.25, 0.3) is 89.1 Å². The second kappa shape index (κ2) is 13.0. The van der Waals surface area contributed by atoms with E-state index in [4.69, 9.17) is 19.4 Å². The first-order valence-corrected chi connectivity index (χ1v) is 18.0. The van der Waals surface area contributed by atoms with Gasteiger partial charge in [-0.2, -0.15) is 0 Å². The fraction of sp³-hybridized carbons (Fsp3) is 0.0408. The Morgan fingerprint density at radius 2 is 1.06 bits per heavy atom. The molecule has 0 amide bonds. The number of rotatable bonds is 6. The Kier molecular flexibility index (Phi) is 7.58. The molecule has 10 rings (SSSR count). The summed E-state index contributed by atoms with van der Waals surface area (Å²) in [6.45, 7) is 0. The maximum Gasteiger partial charge on any atom is 0.164 e. The van der Waals surface area contributed by atoms with E-state index in [0.717, 1.165) is 72.5 Å². The zero-order valence-corrected chi connectivity index (χ0v) is 28.9. The van der Waals surface area contributed by atoms with Crippen LogP contribution in [-0.4, -0.2) is 15.0 Å². The third kappa shape index (κ3) is 5.81. The Hall–Kier alpha value is -6.91. The standard InChI is InChI=1S/C49H33N3O/c1-3-10-32(11-4-1)34-18-24-37(25-19-34)47-50-48(38-26-20-35(21-27-38)33-12-5-2-6-13-33)52-49(51-47)40-29-23-36-22-28-39(30-41(36)31-40)42-15-9-17-45-46(42)43-14-7-8-16-44(43)53-45/h1-12,14-31,33H,13H2. The van der Waals surface area contributed by atoms with E-state index in [1.54, 1.807) is 0 Å². The van der Waals surface area contributed by atoms with Crippen LogP contribution in [0.15, 0.2) is 186 Å². The van der Waals surface area contributed by atoms with E-state index in [-0.39, 0.29) is 0 Å². The van der Waals surface area contributed by atoms with Gasteiger partial charge in [0.1, 0.15) is 11.2 Å². The largest absolute Gasteiger partial charge is 0.456 e. The predicted octanol–water partition coefficient (Wildman–Crippen LogP) is 12.9. The maximum absolute atomic E-state index is 6.21. The number of allylic oxidation sites excluding steroid dienone is 4. The molecule has 1 aliphatic carbocycles. The van der Waals surface area contributed by atoms with Gasteiger partial charge in [0.2, 0.25) is 0 Å². The van der Waals surface area contributed by atoms with Crippen LogP contribution in [0, 0.1) is 0 Å². The summed E-state index contributed by atoms with van der Waals surface area (Å²) in [6.07, 6.45) is 9.73. The van der Waals surface area contributed by atoms with Crippen molar-refractivity contribution >= 4 is 32.7 Å². The average Bonchev–Trinajstić information content (AvgIpc) is 3.63. The van der Waals surface area contributed by atoms with Crippen molar-refractivity contribution in [1.82, 2.24) is 15.0 Å². The van der Waals surface area contributed by atoms with E-state index in [2.05, 4.69) is 158 Å². The highest BCUT2D eigenvalue weighted by Crippen LogP contribution is 2.38. The molecule has 1 aliphatic rings. The van der Waals surface area contributed by atoms with Gasteiger partial charge >= 0.3 is 0 Å². The molecule has 4 heteroatoms. The molecule has 0 bridgehead atoms. The fourth-order valence-corrected chi connectivity index (χ4v) is 7.48. The molecule has 0 saturated heterocycles. The minimum Gasteiger partial charge on any atom is -0.456 e. The zero-order valence-electron chi connectivity index (χ0n) is 28.9. The van der Waals surface area contributed by atoms with Gasteiger partial charge in [-0.05, 0) is 69.3 Å². The highest BCUT2D eigenvalue weighted by atomic mass is 16.3. The van der Waals surface area contributed by atoms with Gasteiger partial charge in [-0.1, -0.05) is 158 Å². The Morgan fingerprint density at radius 1 is 0.453 bits per heavy atom. The molecule has 0 saturated carbocycles. The second-order valence-corrected chi connectivity index (χ2v) is 13.6. The van der Waals surface area contributed by atoms with Crippen molar-refractivity contribution in [2.24, 2.45) is 0 Å². The molecule has 0 aliphatic heterocycles. The summed E-state index contributed by atoms with van der Waals surface area (Å²) < 4.78 is 6.21. The molecule has 4 nitrogen and oxygen atoms in total. The molecular formula is C49H33N3O. The van der Waals surface area contributed by atoms with Gasteiger partial charge in [0, 0.05) is 33.4 Å². The summed E-state index contributed by atoms with van der Waals surface area (Å²) in [4.78, 5) is 15.3. The third-order valence-electron chi connectivity index (χ3n) is 10.3. The van der Waals surface area contributed by atoms with Crippen molar-refractivity contribution in [3.8, 4) is 56.4 Å². The Labute approximate surface area is 307 Å². The maximum atomic E-state index is 6.21. The van der Waals surface area contributed by atoms with Gasteiger partial charge in [0.25, 0.3) is 0 Å². The Balaban J connectivity index is 1.08. The highest BCUT2D eigenvalue weighted by Gasteiger charge is 2.16. The summed E-state index contributed by atoms with van der Waals surface area (Å²) in [7, 11) is 0. The predicted molar refractivity (Wildman–Crippen MR) is 217 cm³/mol. The molecule has 7 aromatic carbocycles. The van der Waals surface area contributed by atoms with E-state index in [9.17, 15) is 0 Å². The number of fused-ring (bicyclic) bond motifs is 4. The van der Waals surface area contributed by atoms with Crippen LogP contribution in [0.3, 0.4) is 0 Å². The monoisotopic (exact) mass is 679 g/mol. The average molecular weight is 680 g/mol. The van der Waals surface area contributed by atoms with Gasteiger partial charge in [-0.15, -0.1) is 0 Å². The van der Waals surface area contributed by atoms with Crippen molar-refractivity contribution in [3.63, 3.8) is 0 Å². The van der Waals surface area contributed by atoms with E-state index in [1.165, 1.54) is 11.1 Å². The quantitative estimate of drug-likeness (QED) is 0.175. The lowest BCUT2D eigenvalue weighted by molar-refractivity contribution is 0.669. The van der Waals surface area contributed by atoms with Gasteiger partial charge in [0.05, 0.1) is 0 Å². The van der Waals surface area contributed by atoms with Crippen LogP contribution < -0.4 is 0 Å². The molecule has 0 radical (unpaired) electrons. The summed E-state index contributed by atoms with van der Waals surface area (Å²) in [5.74, 6) is 2.30. The zero-order chi connectivity index (χ0) is 35.1.